The van der Waals surface area contributed by atoms with E-state index in [-0.39, 0.29) is 5.56 Å². The van der Waals surface area contributed by atoms with Crippen LogP contribution >= 0.6 is 11.6 Å². The van der Waals surface area contributed by atoms with Crippen molar-refractivity contribution in [3.05, 3.63) is 82.2 Å². The standard InChI is InChI=1S/C19H11ClN4O/c20-12-8-9-16-15(11-12)19(25)24-18(22-16)14-7-4-10-21-17(14)23(24)13-5-2-1-3-6-13/h1-11H. The van der Waals surface area contributed by atoms with Gasteiger partial charge in [0.1, 0.15) is 0 Å². The molecular weight excluding hydrogens is 336 g/mol. The molecule has 120 valence electrons. The van der Waals surface area contributed by atoms with Crippen LogP contribution in [-0.4, -0.2) is 19.2 Å². The first-order chi connectivity index (χ1) is 12.2. The Hall–Kier alpha value is -3.18. The van der Waals surface area contributed by atoms with E-state index in [1.165, 1.54) is 0 Å². The van der Waals surface area contributed by atoms with Crippen LogP contribution in [-0.2, 0) is 0 Å². The van der Waals surface area contributed by atoms with Gasteiger partial charge in [-0.3, -0.25) is 4.79 Å². The van der Waals surface area contributed by atoms with Gasteiger partial charge in [-0.1, -0.05) is 29.8 Å². The average Bonchev–Trinajstić information content (AvgIpc) is 2.98. The lowest BCUT2D eigenvalue weighted by Crippen LogP contribution is -2.21. The summed E-state index contributed by atoms with van der Waals surface area (Å²) in [5.74, 6) is 0. The number of para-hydroxylation sites is 1. The van der Waals surface area contributed by atoms with Crippen LogP contribution in [0.1, 0.15) is 0 Å². The van der Waals surface area contributed by atoms with E-state index in [1.54, 1.807) is 33.6 Å². The second kappa shape index (κ2) is 5.16. The predicted molar refractivity (Wildman–Crippen MR) is 98.6 cm³/mol. The zero-order valence-electron chi connectivity index (χ0n) is 12.9. The topological polar surface area (TPSA) is 52.2 Å². The van der Waals surface area contributed by atoms with Crippen LogP contribution in [0.3, 0.4) is 0 Å². The van der Waals surface area contributed by atoms with Gasteiger partial charge in [0.25, 0.3) is 5.56 Å². The Kier molecular flexibility index (Phi) is 2.93. The molecule has 5 aromatic rings. The minimum absolute atomic E-state index is 0.177. The fourth-order valence-electron chi connectivity index (χ4n) is 3.15. The van der Waals surface area contributed by atoms with Crippen molar-refractivity contribution >= 4 is 39.2 Å². The molecule has 0 N–H and O–H groups in total. The minimum atomic E-state index is -0.177. The Morgan fingerprint density at radius 3 is 2.56 bits per heavy atom. The molecular formula is C19H11ClN4O. The number of aromatic nitrogens is 4. The van der Waals surface area contributed by atoms with Crippen molar-refractivity contribution in [3.8, 4) is 5.69 Å². The summed E-state index contributed by atoms with van der Waals surface area (Å²) >= 11 is 6.08. The van der Waals surface area contributed by atoms with E-state index in [0.717, 1.165) is 11.1 Å². The van der Waals surface area contributed by atoms with Gasteiger partial charge in [-0.2, -0.15) is 4.52 Å². The van der Waals surface area contributed by atoms with E-state index in [9.17, 15) is 4.79 Å². The van der Waals surface area contributed by atoms with E-state index in [2.05, 4.69) is 4.98 Å². The zero-order chi connectivity index (χ0) is 17.0. The fourth-order valence-corrected chi connectivity index (χ4v) is 3.32. The van der Waals surface area contributed by atoms with Gasteiger partial charge in [-0.05, 0) is 42.5 Å². The summed E-state index contributed by atoms with van der Waals surface area (Å²) in [6.07, 6.45) is 1.71. The number of rotatable bonds is 1. The lowest BCUT2D eigenvalue weighted by Gasteiger charge is -2.07. The highest BCUT2D eigenvalue weighted by atomic mass is 35.5. The van der Waals surface area contributed by atoms with E-state index in [4.69, 9.17) is 16.6 Å². The summed E-state index contributed by atoms with van der Waals surface area (Å²) in [5, 5.41) is 1.80. The van der Waals surface area contributed by atoms with Gasteiger partial charge in [0.15, 0.2) is 11.3 Å². The number of hydrogen-bond acceptors (Lipinski definition) is 3. The van der Waals surface area contributed by atoms with Crippen molar-refractivity contribution in [2.24, 2.45) is 0 Å². The molecule has 0 atom stereocenters. The maximum atomic E-state index is 13.2. The molecule has 3 aromatic heterocycles. The van der Waals surface area contributed by atoms with Gasteiger partial charge >= 0.3 is 0 Å². The first kappa shape index (κ1) is 14.2. The van der Waals surface area contributed by atoms with Crippen LogP contribution < -0.4 is 5.56 Å². The van der Waals surface area contributed by atoms with Crippen LogP contribution in [0.15, 0.2) is 71.7 Å². The molecule has 0 aliphatic rings. The van der Waals surface area contributed by atoms with Crippen molar-refractivity contribution in [3.63, 3.8) is 0 Å². The third kappa shape index (κ3) is 1.99. The van der Waals surface area contributed by atoms with E-state index in [1.807, 2.05) is 42.5 Å². The Bertz CT molecular complexity index is 1320. The lowest BCUT2D eigenvalue weighted by atomic mass is 10.2. The molecule has 0 unspecified atom stereocenters. The second-order valence-corrected chi connectivity index (χ2v) is 6.17. The smallest absolute Gasteiger partial charge is 0.267 e. The average molecular weight is 347 g/mol. The first-order valence-electron chi connectivity index (χ1n) is 7.77. The molecule has 0 saturated carbocycles. The van der Waals surface area contributed by atoms with E-state index >= 15 is 0 Å². The van der Waals surface area contributed by atoms with Crippen LogP contribution in [0.5, 0.6) is 0 Å². The summed E-state index contributed by atoms with van der Waals surface area (Å²) in [6, 6.07) is 18.6. The van der Waals surface area contributed by atoms with Gasteiger partial charge in [-0.25, -0.2) is 14.6 Å². The Balaban J connectivity index is 2.09. The number of nitrogens with zero attached hydrogens (tertiary/aromatic N) is 4. The Morgan fingerprint density at radius 2 is 1.72 bits per heavy atom. The number of halogens is 1. The van der Waals surface area contributed by atoms with Crippen molar-refractivity contribution in [1.82, 2.24) is 19.2 Å². The van der Waals surface area contributed by atoms with Gasteiger partial charge in [0.05, 0.1) is 22.0 Å². The third-order valence-corrected chi connectivity index (χ3v) is 4.47. The molecule has 0 amide bonds. The van der Waals surface area contributed by atoms with Crippen molar-refractivity contribution in [2.45, 2.75) is 0 Å². The van der Waals surface area contributed by atoms with Crippen LogP contribution in [0.2, 0.25) is 5.02 Å². The summed E-state index contributed by atoms with van der Waals surface area (Å²) in [4.78, 5) is 22.4. The summed E-state index contributed by atoms with van der Waals surface area (Å²) in [5.41, 5.74) is 2.53. The molecule has 0 saturated heterocycles. The molecule has 0 radical (unpaired) electrons. The summed E-state index contributed by atoms with van der Waals surface area (Å²) in [7, 11) is 0. The summed E-state index contributed by atoms with van der Waals surface area (Å²) in [6.45, 7) is 0. The molecule has 6 heteroatoms. The maximum absolute atomic E-state index is 13.2. The molecule has 0 spiro atoms. The summed E-state index contributed by atoms with van der Waals surface area (Å²) < 4.78 is 3.35. The quantitative estimate of drug-likeness (QED) is 0.463. The largest absolute Gasteiger partial charge is 0.281 e. The highest BCUT2D eigenvalue weighted by Gasteiger charge is 2.17. The SMILES string of the molecule is O=c1c2cc(Cl)ccc2nc2c3cccnc3n(-c3ccccc3)n12. The van der Waals surface area contributed by atoms with Gasteiger partial charge < -0.3 is 0 Å². The van der Waals surface area contributed by atoms with Gasteiger partial charge in [0, 0.05) is 11.2 Å². The highest BCUT2D eigenvalue weighted by molar-refractivity contribution is 6.31. The minimum Gasteiger partial charge on any atom is -0.267 e. The monoisotopic (exact) mass is 346 g/mol. The first-order valence-corrected chi connectivity index (χ1v) is 8.15. The molecule has 25 heavy (non-hydrogen) atoms. The second-order valence-electron chi connectivity index (χ2n) is 5.74. The third-order valence-electron chi connectivity index (χ3n) is 4.24. The van der Waals surface area contributed by atoms with Crippen molar-refractivity contribution < 1.29 is 0 Å². The molecule has 0 fully saturated rings. The van der Waals surface area contributed by atoms with Gasteiger partial charge in [0.2, 0.25) is 0 Å². The highest BCUT2D eigenvalue weighted by Crippen LogP contribution is 2.24. The number of benzene rings is 2. The predicted octanol–water partition coefficient (Wildman–Crippen LogP) is 3.84. The van der Waals surface area contributed by atoms with Gasteiger partial charge in [-0.15, -0.1) is 0 Å². The molecule has 0 bridgehead atoms. The van der Waals surface area contributed by atoms with Crippen molar-refractivity contribution in [2.75, 3.05) is 0 Å². The Labute approximate surface area is 146 Å². The van der Waals surface area contributed by atoms with Crippen LogP contribution in [0.25, 0.3) is 33.3 Å². The number of fused-ring (bicyclic) bond motifs is 4. The van der Waals surface area contributed by atoms with E-state index < -0.39 is 0 Å². The normalized spacial score (nSPS) is 11.6. The number of hydrogen-bond donors (Lipinski definition) is 0. The molecule has 0 aliphatic heterocycles. The molecule has 0 aliphatic carbocycles. The molecule has 5 rings (SSSR count). The maximum Gasteiger partial charge on any atom is 0.281 e. The van der Waals surface area contributed by atoms with Crippen LogP contribution in [0, 0.1) is 0 Å². The molecule has 3 heterocycles. The van der Waals surface area contributed by atoms with Crippen LogP contribution in [0.4, 0.5) is 0 Å². The van der Waals surface area contributed by atoms with E-state index in [0.29, 0.717) is 27.2 Å². The lowest BCUT2D eigenvalue weighted by molar-refractivity contribution is 0.786. The Morgan fingerprint density at radius 1 is 0.880 bits per heavy atom. The molecule has 5 nitrogen and oxygen atoms in total. The zero-order valence-corrected chi connectivity index (χ0v) is 13.7. The number of pyridine rings is 1. The van der Waals surface area contributed by atoms with Crippen molar-refractivity contribution in [1.29, 1.82) is 0 Å². The molecule has 2 aromatic carbocycles. The fraction of sp³-hybridized carbons (Fsp3) is 0.